The third-order valence-electron chi connectivity index (χ3n) is 4.34. The fourth-order valence-electron chi connectivity index (χ4n) is 3.44. The second kappa shape index (κ2) is 5.01. The minimum Gasteiger partial charge on any atom is -0.341 e. The Kier molecular flexibility index (Phi) is 3.46. The van der Waals surface area contributed by atoms with Gasteiger partial charge in [-0.1, -0.05) is 20.8 Å². The molecule has 0 radical (unpaired) electrons. The van der Waals surface area contributed by atoms with Gasteiger partial charge in [-0.2, -0.15) is 0 Å². The normalized spacial score (nSPS) is 22.5. The highest BCUT2D eigenvalue weighted by Crippen LogP contribution is 2.41. The second-order valence-corrected chi connectivity index (χ2v) is 7.50. The molecule has 3 nitrogen and oxygen atoms in total. The lowest BCUT2D eigenvalue weighted by Gasteiger charge is -2.35. The predicted molar refractivity (Wildman–Crippen MR) is 84.0 cm³/mol. The first kappa shape index (κ1) is 13.8. The van der Waals surface area contributed by atoms with Crippen molar-refractivity contribution in [3.05, 3.63) is 40.1 Å². The van der Waals surface area contributed by atoms with Gasteiger partial charge in [-0.05, 0) is 36.3 Å². The fraction of sp³-hybridized carbons (Fsp3) is 0.562. The number of hydrogen-bond donors (Lipinski definition) is 1. The van der Waals surface area contributed by atoms with Crippen LogP contribution in [0.2, 0.25) is 0 Å². The number of fused-ring (bicyclic) bond motifs is 1. The van der Waals surface area contributed by atoms with E-state index in [0.29, 0.717) is 6.04 Å². The molecule has 2 aromatic rings. The smallest absolute Gasteiger partial charge is 0.115 e. The Hall–Kier alpha value is -1.13. The van der Waals surface area contributed by atoms with Crippen LogP contribution in [0.1, 0.15) is 62.0 Å². The SMILES string of the molecule is CCC(c1nccs1)n1ccc2c1CC(C)(C)CC2N. The van der Waals surface area contributed by atoms with Crippen molar-refractivity contribution in [1.29, 1.82) is 0 Å². The average molecular weight is 289 g/mol. The van der Waals surface area contributed by atoms with Crippen molar-refractivity contribution in [2.45, 2.75) is 52.1 Å². The van der Waals surface area contributed by atoms with E-state index < -0.39 is 0 Å². The molecule has 0 fully saturated rings. The van der Waals surface area contributed by atoms with Gasteiger partial charge in [0.05, 0.1) is 6.04 Å². The highest BCUT2D eigenvalue weighted by Gasteiger charge is 2.33. The summed E-state index contributed by atoms with van der Waals surface area (Å²) < 4.78 is 2.41. The Morgan fingerprint density at radius 1 is 1.55 bits per heavy atom. The van der Waals surface area contributed by atoms with Crippen molar-refractivity contribution in [2.75, 3.05) is 0 Å². The lowest BCUT2D eigenvalue weighted by Crippen LogP contribution is -2.31. The highest BCUT2D eigenvalue weighted by atomic mass is 32.1. The van der Waals surface area contributed by atoms with Gasteiger partial charge in [0.25, 0.3) is 0 Å². The summed E-state index contributed by atoms with van der Waals surface area (Å²) in [7, 11) is 0. The number of rotatable bonds is 3. The van der Waals surface area contributed by atoms with Gasteiger partial charge in [-0.3, -0.25) is 0 Å². The maximum atomic E-state index is 6.37. The quantitative estimate of drug-likeness (QED) is 0.930. The summed E-state index contributed by atoms with van der Waals surface area (Å²) in [6.45, 7) is 6.86. The zero-order chi connectivity index (χ0) is 14.3. The largest absolute Gasteiger partial charge is 0.341 e. The Bertz CT molecular complexity index is 583. The van der Waals surface area contributed by atoms with E-state index in [2.05, 4.69) is 48.0 Å². The molecule has 1 aliphatic rings. The van der Waals surface area contributed by atoms with Crippen molar-refractivity contribution in [1.82, 2.24) is 9.55 Å². The van der Waals surface area contributed by atoms with Gasteiger partial charge in [0.1, 0.15) is 5.01 Å². The van der Waals surface area contributed by atoms with Crippen molar-refractivity contribution >= 4 is 11.3 Å². The van der Waals surface area contributed by atoms with Gasteiger partial charge in [-0.25, -0.2) is 4.98 Å². The third-order valence-corrected chi connectivity index (χ3v) is 5.21. The van der Waals surface area contributed by atoms with E-state index in [9.17, 15) is 0 Å². The summed E-state index contributed by atoms with van der Waals surface area (Å²) in [5, 5.41) is 3.26. The molecule has 108 valence electrons. The maximum Gasteiger partial charge on any atom is 0.115 e. The molecule has 2 atom stereocenters. The number of nitrogens with two attached hydrogens (primary N) is 1. The van der Waals surface area contributed by atoms with Gasteiger partial charge < -0.3 is 10.3 Å². The third kappa shape index (κ3) is 2.31. The molecule has 3 rings (SSSR count). The molecular weight excluding hydrogens is 266 g/mol. The average Bonchev–Trinajstić information content (AvgIpc) is 3.00. The van der Waals surface area contributed by atoms with Gasteiger partial charge in [-0.15, -0.1) is 11.3 Å². The van der Waals surface area contributed by atoms with E-state index in [-0.39, 0.29) is 11.5 Å². The summed E-state index contributed by atoms with van der Waals surface area (Å²) in [6, 6.07) is 2.73. The van der Waals surface area contributed by atoms with Crippen molar-refractivity contribution in [3.8, 4) is 0 Å². The van der Waals surface area contributed by atoms with Crippen molar-refractivity contribution in [3.63, 3.8) is 0 Å². The minimum absolute atomic E-state index is 0.170. The lowest BCUT2D eigenvalue weighted by atomic mass is 9.74. The molecular formula is C16H23N3S. The van der Waals surface area contributed by atoms with Crippen LogP contribution in [0.4, 0.5) is 0 Å². The van der Waals surface area contributed by atoms with Crippen LogP contribution in [-0.4, -0.2) is 9.55 Å². The monoisotopic (exact) mass is 289 g/mol. The molecule has 0 aliphatic heterocycles. The highest BCUT2D eigenvalue weighted by molar-refractivity contribution is 7.09. The first-order chi connectivity index (χ1) is 9.52. The Morgan fingerprint density at radius 3 is 3.00 bits per heavy atom. The Labute approximate surface area is 124 Å². The Morgan fingerprint density at radius 2 is 2.35 bits per heavy atom. The second-order valence-electron chi connectivity index (χ2n) is 6.57. The van der Waals surface area contributed by atoms with Crippen LogP contribution >= 0.6 is 11.3 Å². The summed E-state index contributed by atoms with van der Waals surface area (Å²) in [4.78, 5) is 4.51. The van der Waals surface area contributed by atoms with E-state index in [1.807, 2.05) is 6.20 Å². The van der Waals surface area contributed by atoms with Gasteiger partial charge in [0, 0.05) is 29.5 Å². The molecule has 2 aromatic heterocycles. The molecule has 4 heteroatoms. The van der Waals surface area contributed by atoms with Crippen LogP contribution in [0, 0.1) is 5.41 Å². The number of hydrogen-bond acceptors (Lipinski definition) is 3. The van der Waals surface area contributed by atoms with Crippen LogP contribution in [0.5, 0.6) is 0 Å². The molecule has 1 aliphatic carbocycles. The lowest BCUT2D eigenvalue weighted by molar-refractivity contribution is 0.273. The maximum absolute atomic E-state index is 6.37. The van der Waals surface area contributed by atoms with E-state index in [4.69, 9.17) is 5.73 Å². The zero-order valence-electron chi connectivity index (χ0n) is 12.5. The molecule has 20 heavy (non-hydrogen) atoms. The van der Waals surface area contributed by atoms with Crippen molar-refractivity contribution < 1.29 is 0 Å². The van der Waals surface area contributed by atoms with Crippen LogP contribution in [0.25, 0.3) is 0 Å². The molecule has 2 heterocycles. The van der Waals surface area contributed by atoms with E-state index in [1.165, 1.54) is 16.3 Å². The van der Waals surface area contributed by atoms with Gasteiger partial charge in [0.2, 0.25) is 0 Å². The standard InChI is InChI=1S/C16H23N3S/c1-4-13(15-18-6-8-20-15)19-7-5-11-12(17)9-16(2,3)10-14(11)19/h5-8,12-13H,4,9-10,17H2,1-3H3. The molecule has 0 amide bonds. The topological polar surface area (TPSA) is 43.8 Å². The summed E-state index contributed by atoms with van der Waals surface area (Å²) in [5.74, 6) is 0. The predicted octanol–water partition coefficient (Wildman–Crippen LogP) is 3.92. The van der Waals surface area contributed by atoms with Gasteiger partial charge >= 0.3 is 0 Å². The van der Waals surface area contributed by atoms with E-state index in [1.54, 1.807) is 11.3 Å². The van der Waals surface area contributed by atoms with E-state index >= 15 is 0 Å². The Balaban J connectivity index is 2.04. The van der Waals surface area contributed by atoms with Crippen molar-refractivity contribution in [2.24, 2.45) is 11.1 Å². The molecule has 2 N–H and O–H groups in total. The first-order valence-electron chi connectivity index (χ1n) is 7.36. The molecule has 0 aromatic carbocycles. The van der Waals surface area contributed by atoms with Gasteiger partial charge in [0.15, 0.2) is 0 Å². The fourth-order valence-corrected chi connectivity index (χ4v) is 4.26. The first-order valence-corrected chi connectivity index (χ1v) is 8.24. The number of nitrogens with zero attached hydrogens (tertiary/aromatic N) is 2. The molecule has 0 saturated heterocycles. The van der Waals surface area contributed by atoms with E-state index in [0.717, 1.165) is 19.3 Å². The molecule has 0 spiro atoms. The number of aromatic nitrogens is 2. The van der Waals surface area contributed by atoms with Crippen LogP contribution in [-0.2, 0) is 6.42 Å². The summed E-state index contributed by atoms with van der Waals surface area (Å²) in [6.07, 6.45) is 7.34. The summed E-state index contributed by atoms with van der Waals surface area (Å²) >= 11 is 1.74. The van der Waals surface area contributed by atoms with Crippen LogP contribution in [0.3, 0.4) is 0 Å². The minimum atomic E-state index is 0.170. The molecule has 2 unspecified atom stereocenters. The number of thiazole rings is 1. The van der Waals surface area contributed by atoms with Crippen LogP contribution < -0.4 is 5.73 Å². The van der Waals surface area contributed by atoms with Crippen LogP contribution in [0.15, 0.2) is 23.8 Å². The summed E-state index contributed by atoms with van der Waals surface area (Å²) in [5.41, 5.74) is 9.40. The zero-order valence-corrected chi connectivity index (χ0v) is 13.3. The molecule has 0 bridgehead atoms. The molecule has 0 saturated carbocycles.